The molecule has 3 rings (SSSR count). The fourth-order valence-electron chi connectivity index (χ4n) is 3.22. The van der Waals surface area contributed by atoms with E-state index in [0.29, 0.717) is 5.69 Å². The number of nitrogens with zero attached hydrogens (tertiary/aromatic N) is 2. The standard InChI is InChI=1S/C21H26FN5O3/c1-14-12-27(13-15(2)30-14)19-8-7-18(10-23-19)26-20(28)11-25-21(29)24-9-16-3-5-17(22)6-4-16/h3-8,10,14-15H,9,11-13H2,1-2H3,(H,26,28)(H2,24,25,29). The molecule has 2 aromatic rings. The fourth-order valence-corrected chi connectivity index (χ4v) is 3.22. The molecule has 1 saturated heterocycles. The van der Waals surface area contributed by atoms with Crippen molar-refractivity contribution >= 4 is 23.4 Å². The van der Waals surface area contributed by atoms with Gasteiger partial charge in [0, 0.05) is 19.6 Å². The van der Waals surface area contributed by atoms with Crippen molar-refractivity contribution in [3.63, 3.8) is 0 Å². The highest BCUT2D eigenvalue weighted by Crippen LogP contribution is 2.19. The summed E-state index contributed by atoms with van der Waals surface area (Å²) in [7, 11) is 0. The summed E-state index contributed by atoms with van der Waals surface area (Å²) >= 11 is 0. The van der Waals surface area contributed by atoms with Crippen molar-refractivity contribution in [3.05, 3.63) is 54.0 Å². The molecule has 160 valence electrons. The predicted octanol–water partition coefficient (Wildman–Crippen LogP) is 2.27. The lowest BCUT2D eigenvalue weighted by Gasteiger charge is -2.36. The third-order valence-electron chi connectivity index (χ3n) is 4.55. The summed E-state index contributed by atoms with van der Waals surface area (Å²) in [4.78, 5) is 30.4. The minimum atomic E-state index is -0.487. The van der Waals surface area contributed by atoms with Gasteiger partial charge >= 0.3 is 6.03 Å². The van der Waals surface area contributed by atoms with Crippen LogP contribution in [0.25, 0.3) is 0 Å². The van der Waals surface area contributed by atoms with E-state index in [1.54, 1.807) is 24.4 Å². The molecule has 2 unspecified atom stereocenters. The van der Waals surface area contributed by atoms with Gasteiger partial charge in [0.05, 0.1) is 30.6 Å². The lowest BCUT2D eigenvalue weighted by Crippen LogP contribution is -2.45. The van der Waals surface area contributed by atoms with E-state index in [4.69, 9.17) is 4.74 Å². The molecule has 30 heavy (non-hydrogen) atoms. The van der Waals surface area contributed by atoms with E-state index in [-0.39, 0.29) is 37.0 Å². The summed E-state index contributed by atoms with van der Waals surface area (Å²) in [5, 5.41) is 7.78. The first-order valence-electron chi connectivity index (χ1n) is 9.81. The Morgan fingerprint density at radius 2 is 1.80 bits per heavy atom. The van der Waals surface area contributed by atoms with Gasteiger partial charge in [0.2, 0.25) is 5.91 Å². The number of anilines is 2. The van der Waals surface area contributed by atoms with Crippen LogP contribution in [0.2, 0.25) is 0 Å². The molecule has 3 amide bonds. The summed E-state index contributed by atoms with van der Waals surface area (Å²) in [6.45, 7) is 5.63. The number of aromatic nitrogens is 1. The van der Waals surface area contributed by atoms with Crippen molar-refractivity contribution in [1.82, 2.24) is 15.6 Å². The van der Waals surface area contributed by atoms with Gasteiger partial charge in [-0.25, -0.2) is 14.2 Å². The van der Waals surface area contributed by atoms with Crippen LogP contribution in [0.3, 0.4) is 0 Å². The number of hydrogen-bond acceptors (Lipinski definition) is 5. The Morgan fingerprint density at radius 1 is 1.10 bits per heavy atom. The maximum absolute atomic E-state index is 12.9. The van der Waals surface area contributed by atoms with Crippen LogP contribution in [0.15, 0.2) is 42.6 Å². The van der Waals surface area contributed by atoms with Gasteiger partial charge in [-0.3, -0.25) is 4.79 Å². The third kappa shape index (κ3) is 6.41. The monoisotopic (exact) mass is 415 g/mol. The maximum Gasteiger partial charge on any atom is 0.315 e. The molecule has 0 aliphatic carbocycles. The molecule has 1 aliphatic rings. The van der Waals surface area contributed by atoms with Crippen LogP contribution in [-0.2, 0) is 16.1 Å². The van der Waals surface area contributed by atoms with Gasteiger partial charge in [-0.1, -0.05) is 12.1 Å². The van der Waals surface area contributed by atoms with Crippen LogP contribution in [0.4, 0.5) is 20.7 Å². The largest absolute Gasteiger partial charge is 0.372 e. The molecule has 2 heterocycles. The van der Waals surface area contributed by atoms with Gasteiger partial charge in [-0.15, -0.1) is 0 Å². The average Bonchev–Trinajstić information content (AvgIpc) is 2.71. The SMILES string of the molecule is CC1CN(c2ccc(NC(=O)CNC(=O)NCc3ccc(F)cc3)cn2)CC(C)O1. The van der Waals surface area contributed by atoms with Gasteiger partial charge in [-0.05, 0) is 43.7 Å². The van der Waals surface area contributed by atoms with Crippen LogP contribution in [0.5, 0.6) is 0 Å². The average molecular weight is 415 g/mol. The Bertz CT molecular complexity index is 850. The van der Waals surface area contributed by atoms with E-state index in [1.165, 1.54) is 12.1 Å². The molecule has 1 fully saturated rings. The highest BCUT2D eigenvalue weighted by Gasteiger charge is 2.23. The quantitative estimate of drug-likeness (QED) is 0.673. The van der Waals surface area contributed by atoms with Crippen molar-refractivity contribution in [1.29, 1.82) is 0 Å². The number of nitrogens with one attached hydrogen (secondary N) is 3. The first-order chi connectivity index (χ1) is 14.4. The zero-order valence-electron chi connectivity index (χ0n) is 17.0. The van der Waals surface area contributed by atoms with E-state index >= 15 is 0 Å². The van der Waals surface area contributed by atoms with Gasteiger partial charge < -0.3 is 25.6 Å². The Labute approximate surface area is 174 Å². The van der Waals surface area contributed by atoms with Crippen molar-refractivity contribution < 1.29 is 18.7 Å². The van der Waals surface area contributed by atoms with Gasteiger partial charge in [-0.2, -0.15) is 0 Å². The molecule has 3 N–H and O–H groups in total. The summed E-state index contributed by atoms with van der Waals surface area (Å²) in [6, 6.07) is 8.94. The van der Waals surface area contributed by atoms with Crippen molar-refractivity contribution in [2.24, 2.45) is 0 Å². The second kappa shape index (κ2) is 10.0. The molecular weight excluding hydrogens is 389 g/mol. The lowest BCUT2D eigenvalue weighted by molar-refractivity contribution is -0.115. The maximum atomic E-state index is 12.9. The zero-order valence-corrected chi connectivity index (χ0v) is 17.0. The van der Waals surface area contributed by atoms with Gasteiger partial charge in [0.1, 0.15) is 11.6 Å². The second-order valence-electron chi connectivity index (χ2n) is 7.28. The molecular formula is C21H26FN5O3. The van der Waals surface area contributed by atoms with E-state index in [9.17, 15) is 14.0 Å². The van der Waals surface area contributed by atoms with Gasteiger partial charge in [0.15, 0.2) is 0 Å². The Morgan fingerprint density at radius 3 is 2.43 bits per heavy atom. The minimum Gasteiger partial charge on any atom is -0.372 e. The molecule has 2 atom stereocenters. The number of benzene rings is 1. The summed E-state index contributed by atoms with van der Waals surface area (Å²) in [5.41, 5.74) is 1.30. The molecule has 0 bridgehead atoms. The highest BCUT2D eigenvalue weighted by atomic mass is 19.1. The molecule has 1 aromatic carbocycles. The van der Waals surface area contributed by atoms with Crippen molar-refractivity contribution in [2.75, 3.05) is 29.9 Å². The van der Waals surface area contributed by atoms with Crippen molar-refractivity contribution in [2.45, 2.75) is 32.6 Å². The Kier molecular flexibility index (Phi) is 7.18. The number of urea groups is 1. The van der Waals surface area contributed by atoms with E-state index in [1.807, 2.05) is 19.9 Å². The van der Waals surface area contributed by atoms with Crippen LogP contribution >= 0.6 is 0 Å². The number of morpholine rings is 1. The first kappa shape index (κ1) is 21.5. The third-order valence-corrected chi connectivity index (χ3v) is 4.55. The molecule has 9 heteroatoms. The normalized spacial score (nSPS) is 18.6. The fraction of sp³-hybridized carbons (Fsp3) is 0.381. The number of halogens is 1. The Balaban J connectivity index is 1.41. The number of rotatable bonds is 6. The number of pyridine rings is 1. The number of hydrogen-bond donors (Lipinski definition) is 3. The topological polar surface area (TPSA) is 95.6 Å². The molecule has 1 aliphatic heterocycles. The molecule has 0 spiro atoms. The van der Waals surface area contributed by atoms with E-state index in [2.05, 4.69) is 25.8 Å². The summed E-state index contributed by atoms with van der Waals surface area (Å²) in [6.07, 6.45) is 1.86. The smallest absolute Gasteiger partial charge is 0.315 e. The zero-order chi connectivity index (χ0) is 21.5. The molecule has 0 saturated carbocycles. The van der Waals surface area contributed by atoms with E-state index < -0.39 is 6.03 Å². The molecule has 1 aromatic heterocycles. The molecule has 0 radical (unpaired) electrons. The van der Waals surface area contributed by atoms with Crippen LogP contribution in [-0.4, -0.2) is 48.8 Å². The Hall–Kier alpha value is -3.20. The number of carbonyl (C=O) groups is 2. The predicted molar refractivity (Wildman–Crippen MR) is 112 cm³/mol. The number of amides is 3. The second-order valence-corrected chi connectivity index (χ2v) is 7.28. The number of carbonyl (C=O) groups excluding carboxylic acids is 2. The lowest BCUT2D eigenvalue weighted by atomic mass is 10.2. The molecule has 8 nitrogen and oxygen atoms in total. The minimum absolute atomic E-state index is 0.134. The highest BCUT2D eigenvalue weighted by molar-refractivity contribution is 5.94. The summed E-state index contributed by atoms with van der Waals surface area (Å²) < 4.78 is 18.6. The van der Waals surface area contributed by atoms with Crippen molar-refractivity contribution in [3.8, 4) is 0 Å². The van der Waals surface area contributed by atoms with Crippen LogP contribution in [0.1, 0.15) is 19.4 Å². The van der Waals surface area contributed by atoms with E-state index in [0.717, 1.165) is 24.5 Å². The number of ether oxygens (including phenoxy) is 1. The summed E-state index contributed by atoms with van der Waals surface area (Å²) in [5.74, 6) is 0.125. The van der Waals surface area contributed by atoms with Crippen LogP contribution < -0.4 is 20.9 Å². The van der Waals surface area contributed by atoms with Crippen LogP contribution in [0, 0.1) is 5.82 Å². The van der Waals surface area contributed by atoms with Gasteiger partial charge in [0.25, 0.3) is 0 Å². The first-order valence-corrected chi connectivity index (χ1v) is 9.81.